The average molecular weight is 396 g/mol. The van der Waals surface area contributed by atoms with Gasteiger partial charge in [0, 0.05) is 16.2 Å². The fourth-order valence-electron chi connectivity index (χ4n) is 4.51. The number of amides is 1. The Morgan fingerprint density at radius 1 is 1.00 bits per heavy atom. The SMILES string of the molecule is O=C(COC(=O)C[C@@H]1C[C@H]2CC[C@@H]1C2)Nc1ccccc1Sc1ccccc1. The molecule has 0 spiro atoms. The lowest BCUT2D eigenvalue weighted by Crippen LogP contribution is -2.23. The fourth-order valence-corrected chi connectivity index (χ4v) is 5.43. The van der Waals surface area contributed by atoms with Gasteiger partial charge >= 0.3 is 5.97 Å². The van der Waals surface area contributed by atoms with Gasteiger partial charge in [-0.15, -0.1) is 0 Å². The van der Waals surface area contributed by atoms with E-state index in [9.17, 15) is 9.59 Å². The summed E-state index contributed by atoms with van der Waals surface area (Å²) in [5, 5.41) is 2.87. The van der Waals surface area contributed by atoms with Crippen molar-refractivity contribution in [3.8, 4) is 0 Å². The maximum Gasteiger partial charge on any atom is 0.306 e. The molecule has 2 bridgehead atoms. The third-order valence-electron chi connectivity index (χ3n) is 5.81. The van der Waals surface area contributed by atoms with E-state index in [-0.39, 0.29) is 18.5 Å². The van der Waals surface area contributed by atoms with E-state index >= 15 is 0 Å². The smallest absolute Gasteiger partial charge is 0.306 e. The lowest BCUT2D eigenvalue weighted by molar-refractivity contribution is -0.148. The number of carbonyl (C=O) groups is 2. The van der Waals surface area contributed by atoms with Crippen molar-refractivity contribution in [2.75, 3.05) is 11.9 Å². The van der Waals surface area contributed by atoms with Gasteiger partial charge in [-0.3, -0.25) is 9.59 Å². The van der Waals surface area contributed by atoms with E-state index in [1.165, 1.54) is 19.3 Å². The summed E-state index contributed by atoms with van der Waals surface area (Å²) in [5.74, 6) is 1.40. The average Bonchev–Trinajstić information content (AvgIpc) is 3.32. The Hall–Kier alpha value is -2.27. The second-order valence-corrected chi connectivity index (χ2v) is 8.87. The van der Waals surface area contributed by atoms with Crippen LogP contribution in [0.3, 0.4) is 0 Å². The van der Waals surface area contributed by atoms with Crippen LogP contribution in [0.4, 0.5) is 5.69 Å². The van der Waals surface area contributed by atoms with Crippen LogP contribution in [0.1, 0.15) is 32.1 Å². The van der Waals surface area contributed by atoms with E-state index in [1.807, 2.05) is 54.6 Å². The molecule has 2 aliphatic rings. The first-order valence-electron chi connectivity index (χ1n) is 9.95. The Kier molecular flexibility index (Phi) is 6.01. The van der Waals surface area contributed by atoms with Crippen LogP contribution in [-0.4, -0.2) is 18.5 Å². The normalized spacial score (nSPS) is 22.8. The standard InChI is InChI=1S/C23H25NO3S/c25-22(15-27-23(26)14-18-13-16-10-11-17(18)12-16)24-20-8-4-5-9-21(20)28-19-6-2-1-3-7-19/h1-9,16-18H,10-15H2,(H,24,25)/t16-,17+,18-/m0/s1. The molecule has 1 amide bonds. The molecule has 2 aromatic rings. The number of para-hydroxylation sites is 1. The minimum Gasteiger partial charge on any atom is -0.456 e. The number of esters is 1. The molecule has 28 heavy (non-hydrogen) atoms. The highest BCUT2D eigenvalue weighted by Crippen LogP contribution is 2.49. The van der Waals surface area contributed by atoms with Gasteiger partial charge in [0.15, 0.2) is 6.61 Å². The monoisotopic (exact) mass is 395 g/mol. The van der Waals surface area contributed by atoms with E-state index in [0.717, 1.165) is 27.8 Å². The molecule has 0 unspecified atom stereocenters. The predicted molar refractivity (Wildman–Crippen MR) is 110 cm³/mol. The van der Waals surface area contributed by atoms with E-state index in [4.69, 9.17) is 4.74 Å². The summed E-state index contributed by atoms with van der Waals surface area (Å²) in [6.07, 6.45) is 5.44. The molecule has 146 valence electrons. The minimum atomic E-state index is -0.303. The van der Waals surface area contributed by atoms with Crippen LogP contribution in [-0.2, 0) is 14.3 Å². The molecule has 0 saturated heterocycles. The molecule has 2 aliphatic carbocycles. The van der Waals surface area contributed by atoms with Crippen molar-refractivity contribution in [1.82, 2.24) is 0 Å². The van der Waals surface area contributed by atoms with Crippen LogP contribution in [0.5, 0.6) is 0 Å². The molecule has 2 saturated carbocycles. The van der Waals surface area contributed by atoms with Gasteiger partial charge in [0.2, 0.25) is 0 Å². The van der Waals surface area contributed by atoms with Gasteiger partial charge in [-0.1, -0.05) is 48.5 Å². The molecule has 4 nitrogen and oxygen atoms in total. The highest BCUT2D eigenvalue weighted by Gasteiger charge is 2.40. The zero-order valence-corrected chi connectivity index (χ0v) is 16.6. The molecule has 0 radical (unpaired) electrons. The summed E-state index contributed by atoms with van der Waals surface area (Å²) >= 11 is 1.59. The van der Waals surface area contributed by atoms with Gasteiger partial charge in [-0.25, -0.2) is 0 Å². The molecular formula is C23H25NO3S. The Morgan fingerprint density at radius 2 is 1.79 bits per heavy atom. The first-order chi connectivity index (χ1) is 13.7. The van der Waals surface area contributed by atoms with Crippen molar-refractivity contribution in [3.05, 3.63) is 54.6 Å². The van der Waals surface area contributed by atoms with Crippen molar-refractivity contribution in [3.63, 3.8) is 0 Å². The molecule has 5 heteroatoms. The lowest BCUT2D eigenvalue weighted by atomic mass is 9.86. The molecule has 3 atom stereocenters. The van der Waals surface area contributed by atoms with Gasteiger partial charge in [0.05, 0.1) is 5.69 Å². The Bertz CT molecular complexity index is 839. The molecule has 1 N–H and O–H groups in total. The summed E-state index contributed by atoms with van der Waals surface area (Å²) in [6.45, 7) is -0.232. The zero-order chi connectivity index (χ0) is 19.3. The summed E-state index contributed by atoms with van der Waals surface area (Å²) in [4.78, 5) is 26.5. The number of hydrogen-bond acceptors (Lipinski definition) is 4. The van der Waals surface area contributed by atoms with Crippen molar-refractivity contribution < 1.29 is 14.3 Å². The van der Waals surface area contributed by atoms with Crippen LogP contribution >= 0.6 is 11.8 Å². The molecule has 2 aromatic carbocycles. The second-order valence-electron chi connectivity index (χ2n) is 7.76. The summed E-state index contributed by atoms with van der Waals surface area (Å²) in [7, 11) is 0. The number of carbonyl (C=O) groups excluding carboxylic acids is 2. The largest absolute Gasteiger partial charge is 0.456 e. The summed E-state index contributed by atoms with van der Waals surface area (Å²) in [6, 6.07) is 17.7. The predicted octanol–water partition coefficient (Wildman–Crippen LogP) is 5.15. The highest BCUT2D eigenvalue weighted by molar-refractivity contribution is 7.99. The van der Waals surface area contributed by atoms with Crippen LogP contribution in [0.2, 0.25) is 0 Å². The van der Waals surface area contributed by atoms with Crippen LogP contribution in [0.15, 0.2) is 64.4 Å². The first-order valence-corrected chi connectivity index (χ1v) is 10.8. The van der Waals surface area contributed by atoms with Crippen molar-refractivity contribution in [2.24, 2.45) is 17.8 Å². The maximum atomic E-state index is 12.3. The Balaban J connectivity index is 1.27. The number of fused-ring (bicyclic) bond motifs is 2. The maximum absolute atomic E-state index is 12.3. The second kappa shape index (κ2) is 8.82. The number of anilines is 1. The van der Waals surface area contributed by atoms with Crippen LogP contribution < -0.4 is 5.32 Å². The van der Waals surface area contributed by atoms with E-state index in [0.29, 0.717) is 18.3 Å². The summed E-state index contributed by atoms with van der Waals surface area (Å²) < 4.78 is 5.25. The number of ether oxygens (including phenoxy) is 1. The van der Waals surface area contributed by atoms with Gasteiger partial charge in [-0.2, -0.15) is 0 Å². The summed E-state index contributed by atoms with van der Waals surface area (Å²) in [5.41, 5.74) is 0.727. The Morgan fingerprint density at radius 3 is 2.54 bits per heavy atom. The fraction of sp³-hybridized carbons (Fsp3) is 0.391. The van der Waals surface area contributed by atoms with Crippen molar-refractivity contribution in [1.29, 1.82) is 0 Å². The third kappa shape index (κ3) is 4.76. The zero-order valence-electron chi connectivity index (χ0n) is 15.8. The minimum absolute atomic E-state index is 0.232. The number of nitrogens with one attached hydrogen (secondary N) is 1. The molecule has 0 heterocycles. The number of hydrogen-bond donors (Lipinski definition) is 1. The third-order valence-corrected chi connectivity index (χ3v) is 6.89. The highest BCUT2D eigenvalue weighted by atomic mass is 32.2. The van der Waals surface area contributed by atoms with Gasteiger partial charge in [0.25, 0.3) is 5.91 Å². The van der Waals surface area contributed by atoms with Crippen molar-refractivity contribution >= 4 is 29.3 Å². The van der Waals surface area contributed by atoms with Gasteiger partial charge < -0.3 is 10.1 Å². The van der Waals surface area contributed by atoms with Crippen molar-refractivity contribution in [2.45, 2.75) is 41.9 Å². The van der Waals surface area contributed by atoms with E-state index in [2.05, 4.69) is 5.32 Å². The number of benzene rings is 2. The van der Waals surface area contributed by atoms with Gasteiger partial charge in [0.1, 0.15) is 0 Å². The molecule has 2 fully saturated rings. The topological polar surface area (TPSA) is 55.4 Å². The van der Waals surface area contributed by atoms with Crippen LogP contribution in [0, 0.1) is 17.8 Å². The Labute approximate surface area is 170 Å². The van der Waals surface area contributed by atoms with E-state index in [1.54, 1.807) is 11.8 Å². The first kappa shape index (κ1) is 19.1. The van der Waals surface area contributed by atoms with E-state index < -0.39 is 0 Å². The van der Waals surface area contributed by atoms with Crippen LogP contribution in [0.25, 0.3) is 0 Å². The molecule has 0 aromatic heterocycles. The molecule has 4 rings (SSSR count). The van der Waals surface area contributed by atoms with Gasteiger partial charge in [-0.05, 0) is 61.3 Å². The lowest BCUT2D eigenvalue weighted by Gasteiger charge is -2.20. The quantitative estimate of drug-likeness (QED) is 0.659. The number of rotatable bonds is 7. The molecular weight excluding hydrogens is 370 g/mol. The molecule has 0 aliphatic heterocycles.